The molecule has 110 valence electrons. The van der Waals surface area contributed by atoms with Crippen molar-refractivity contribution in [2.45, 2.75) is 10.8 Å². The highest BCUT2D eigenvalue weighted by Gasteiger charge is 2.52. The summed E-state index contributed by atoms with van der Waals surface area (Å²) in [4.78, 5) is -4.31. The van der Waals surface area contributed by atoms with Crippen LogP contribution in [0.1, 0.15) is 11.1 Å². The van der Waals surface area contributed by atoms with Gasteiger partial charge in [-0.25, -0.2) is 0 Å². The lowest BCUT2D eigenvalue weighted by Crippen LogP contribution is -2.33. The molecular weight excluding hydrogens is 348 g/mol. The van der Waals surface area contributed by atoms with Gasteiger partial charge in [0.1, 0.15) is 0 Å². The molecule has 0 aliphatic rings. The zero-order valence-electron chi connectivity index (χ0n) is 10.7. The topological polar surface area (TPSA) is 0 Å². The second-order valence-corrected chi connectivity index (χ2v) is 5.41. The Morgan fingerprint density at radius 1 is 0.762 bits per heavy atom. The second-order valence-electron chi connectivity index (χ2n) is 4.41. The van der Waals surface area contributed by atoms with Gasteiger partial charge in [-0.05, 0) is 32.6 Å². The minimum absolute atomic E-state index is 0.0559. The number of hydrogen-bond donors (Lipinski definition) is 0. The Balaban J connectivity index is 2.58. The van der Waals surface area contributed by atoms with Crippen molar-refractivity contribution < 1.29 is 17.6 Å². The molecule has 5 heteroatoms. The summed E-state index contributed by atoms with van der Waals surface area (Å²) in [5, 5.41) is 0. The van der Waals surface area contributed by atoms with E-state index in [9.17, 15) is 17.6 Å². The Labute approximate surface area is 128 Å². The minimum Gasteiger partial charge on any atom is -0.194 e. The Morgan fingerprint density at radius 3 is 1.48 bits per heavy atom. The van der Waals surface area contributed by atoms with Crippen molar-refractivity contribution in [2.24, 2.45) is 0 Å². The van der Waals surface area contributed by atoms with E-state index in [1.54, 1.807) is 76.6 Å². The molecule has 0 saturated carbocycles. The van der Waals surface area contributed by atoms with E-state index in [-0.39, 0.29) is 5.57 Å². The van der Waals surface area contributed by atoms with Crippen molar-refractivity contribution >= 4 is 21.5 Å². The van der Waals surface area contributed by atoms with Crippen molar-refractivity contribution in [3.63, 3.8) is 0 Å². The molecule has 0 unspecified atom stereocenters. The molecule has 0 heterocycles. The zero-order valence-corrected chi connectivity index (χ0v) is 12.3. The van der Waals surface area contributed by atoms with Crippen LogP contribution in [0.4, 0.5) is 17.6 Å². The van der Waals surface area contributed by atoms with E-state index >= 15 is 0 Å². The third-order valence-corrected chi connectivity index (χ3v) is 3.40. The van der Waals surface area contributed by atoms with Crippen molar-refractivity contribution in [3.8, 4) is 0 Å². The van der Waals surface area contributed by atoms with Crippen LogP contribution in [0.15, 0.2) is 66.7 Å². The van der Waals surface area contributed by atoms with Crippen LogP contribution in [0, 0.1) is 0 Å². The number of rotatable bonds is 4. The van der Waals surface area contributed by atoms with Gasteiger partial charge in [0.2, 0.25) is 0 Å². The van der Waals surface area contributed by atoms with Crippen LogP contribution in [0.3, 0.4) is 0 Å². The maximum Gasteiger partial charge on any atom is 0.367 e. The molecule has 0 spiro atoms. The highest BCUT2D eigenvalue weighted by Crippen LogP contribution is 2.42. The molecular formula is C16H11BrF4. The molecule has 2 rings (SSSR count). The largest absolute Gasteiger partial charge is 0.367 e. The molecule has 21 heavy (non-hydrogen) atoms. The van der Waals surface area contributed by atoms with Crippen molar-refractivity contribution in [2.75, 3.05) is 0 Å². The van der Waals surface area contributed by atoms with E-state index in [1.165, 1.54) is 0 Å². The van der Waals surface area contributed by atoms with E-state index < -0.39 is 10.8 Å². The summed E-state index contributed by atoms with van der Waals surface area (Å²) in [7, 11) is 0. The van der Waals surface area contributed by atoms with Gasteiger partial charge in [-0.1, -0.05) is 60.7 Å². The molecule has 0 saturated heterocycles. The van der Waals surface area contributed by atoms with E-state index in [0.29, 0.717) is 17.2 Å². The minimum atomic E-state index is -4.31. The lowest BCUT2D eigenvalue weighted by Gasteiger charge is -2.20. The van der Waals surface area contributed by atoms with Gasteiger partial charge in [-0.3, -0.25) is 0 Å². The van der Waals surface area contributed by atoms with Crippen LogP contribution in [0.25, 0.3) is 5.57 Å². The van der Waals surface area contributed by atoms with E-state index in [1.807, 2.05) is 0 Å². The number of allylic oxidation sites excluding steroid dienone is 1. The van der Waals surface area contributed by atoms with Crippen LogP contribution in [0.2, 0.25) is 0 Å². The highest BCUT2D eigenvalue weighted by molar-refractivity contribution is 9.10. The summed E-state index contributed by atoms with van der Waals surface area (Å²) in [5.41, 5.74) is 0.945. The van der Waals surface area contributed by atoms with Gasteiger partial charge < -0.3 is 0 Å². The summed E-state index contributed by atoms with van der Waals surface area (Å²) < 4.78 is 53.4. The summed E-state index contributed by atoms with van der Waals surface area (Å²) in [6, 6.07) is 16.5. The van der Waals surface area contributed by atoms with Crippen LogP contribution >= 0.6 is 15.9 Å². The van der Waals surface area contributed by atoms with Gasteiger partial charge in [-0.15, -0.1) is 0 Å². The molecule has 0 radical (unpaired) electrons. The normalized spacial score (nSPS) is 12.0. The maximum atomic E-state index is 13.7. The van der Waals surface area contributed by atoms with Crippen molar-refractivity contribution in [1.82, 2.24) is 0 Å². The molecule has 2 aromatic carbocycles. The molecule has 0 N–H and O–H groups in total. The molecule has 0 atom stereocenters. The lowest BCUT2D eigenvalue weighted by atomic mass is 9.96. The van der Waals surface area contributed by atoms with Crippen LogP contribution in [0.5, 0.6) is 0 Å². The summed E-state index contributed by atoms with van der Waals surface area (Å²) in [6.45, 7) is 0. The average Bonchev–Trinajstić information content (AvgIpc) is 2.45. The maximum absolute atomic E-state index is 13.7. The van der Waals surface area contributed by atoms with Crippen molar-refractivity contribution in [1.29, 1.82) is 0 Å². The van der Waals surface area contributed by atoms with Gasteiger partial charge in [0.15, 0.2) is 0 Å². The molecule has 0 aromatic heterocycles. The SMILES string of the molecule is FC(F)(Br)C(F)(F)C=C(c1ccccc1)c1ccccc1. The molecule has 2 aromatic rings. The molecule has 0 aliphatic heterocycles. The summed E-state index contributed by atoms with van der Waals surface area (Å²) >= 11 is 1.75. The first-order chi connectivity index (χ1) is 9.81. The fourth-order valence-corrected chi connectivity index (χ4v) is 1.95. The van der Waals surface area contributed by atoms with E-state index in [4.69, 9.17) is 0 Å². The summed E-state index contributed by atoms with van der Waals surface area (Å²) in [6.07, 6.45) is 0.298. The fourth-order valence-electron chi connectivity index (χ4n) is 1.83. The smallest absolute Gasteiger partial charge is 0.194 e. The van der Waals surface area contributed by atoms with Gasteiger partial charge in [0.25, 0.3) is 0 Å². The molecule has 0 aliphatic carbocycles. The lowest BCUT2D eigenvalue weighted by molar-refractivity contribution is -0.110. The number of hydrogen-bond acceptors (Lipinski definition) is 0. The monoisotopic (exact) mass is 358 g/mol. The first-order valence-electron chi connectivity index (χ1n) is 6.09. The predicted molar refractivity (Wildman–Crippen MR) is 78.8 cm³/mol. The Hall–Kier alpha value is -1.62. The quantitative estimate of drug-likeness (QED) is 0.482. The van der Waals surface area contributed by atoms with Crippen LogP contribution in [-0.2, 0) is 0 Å². The van der Waals surface area contributed by atoms with Crippen LogP contribution in [-0.4, -0.2) is 10.8 Å². The zero-order chi connectivity index (χ0) is 15.5. The number of halogens is 5. The molecule has 0 bridgehead atoms. The molecule has 0 fully saturated rings. The highest BCUT2D eigenvalue weighted by atomic mass is 79.9. The van der Waals surface area contributed by atoms with Crippen LogP contribution < -0.4 is 0 Å². The third kappa shape index (κ3) is 3.73. The first-order valence-corrected chi connectivity index (χ1v) is 6.89. The Morgan fingerprint density at radius 2 is 1.14 bits per heavy atom. The van der Waals surface area contributed by atoms with Gasteiger partial charge >= 0.3 is 10.8 Å². The third-order valence-electron chi connectivity index (χ3n) is 2.87. The predicted octanol–water partition coefficient (Wildman–Crippen LogP) is 5.74. The number of alkyl halides is 5. The standard InChI is InChI=1S/C16H11BrF4/c17-16(20,21)15(18,19)11-14(12-7-3-1-4-8-12)13-9-5-2-6-10-13/h1-11H. The van der Waals surface area contributed by atoms with Crippen molar-refractivity contribution in [3.05, 3.63) is 77.9 Å². The molecule has 0 amide bonds. The Kier molecular flexibility index (Phi) is 4.52. The molecule has 0 nitrogen and oxygen atoms in total. The average molecular weight is 359 g/mol. The number of benzene rings is 2. The van der Waals surface area contributed by atoms with Gasteiger partial charge in [0, 0.05) is 6.08 Å². The fraction of sp³-hybridized carbons (Fsp3) is 0.125. The second kappa shape index (κ2) is 6.02. The van der Waals surface area contributed by atoms with E-state index in [0.717, 1.165) is 0 Å². The summed E-state index contributed by atoms with van der Waals surface area (Å²) in [5.74, 6) is -4.31. The Bertz CT molecular complexity index is 574. The van der Waals surface area contributed by atoms with Gasteiger partial charge in [-0.2, -0.15) is 17.6 Å². The first kappa shape index (κ1) is 15.8. The van der Waals surface area contributed by atoms with Gasteiger partial charge in [0.05, 0.1) is 0 Å². The van der Waals surface area contributed by atoms with E-state index in [2.05, 4.69) is 0 Å².